The van der Waals surface area contributed by atoms with Gasteiger partial charge >= 0.3 is 0 Å². The van der Waals surface area contributed by atoms with E-state index >= 15 is 0 Å². The van der Waals surface area contributed by atoms with Crippen LogP contribution >= 0.6 is 0 Å². The van der Waals surface area contributed by atoms with Gasteiger partial charge < -0.3 is 29.1 Å². The van der Waals surface area contributed by atoms with E-state index in [0.717, 1.165) is 48.0 Å². The van der Waals surface area contributed by atoms with Crippen molar-refractivity contribution < 1.29 is 19.3 Å². The Balaban J connectivity index is 1.63. The molecule has 166 valence electrons. The van der Waals surface area contributed by atoms with Crippen LogP contribution in [0.3, 0.4) is 0 Å². The second-order valence-corrected chi connectivity index (χ2v) is 8.37. The van der Waals surface area contributed by atoms with Crippen LogP contribution in [0.4, 0.5) is 5.82 Å². The Kier molecular flexibility index (Phi) is 5.27. The average molecular weight is 434 g/mol. The number of methoxy groups -OCH3 is 1. The molecule has 2 aliphatic heterocycles. The van der Waals surface area contributed by atoms with Gasteiger partial charge in [0.05, 0.1) is 12.8 Å². The predicted molar refractivity (Wildman–Crippen MR) is 124 cm³/mol. The number of para-hydroxylation sites is 1. The normalized spacial score (nSPS) is 17.2. The van der Waals surface area contributed by atoms with Crippen molar-refractivity contribution in [3.8, 4) is 45.4 Å². The highest BCUT2D eigenvalue weighted by Gasteiger charge is 2.27. The van der Waals surface area contributed by atoms with Crippen LogP contribution in [0.2, 0.25) is 0 Å². The average Bonchev–Trinajstić information content (AvgIpc) is 3.48. The monoisotopic (exact) mass is 433 g/mol. The Morgan fingerprint density at radius 3 is 2.72 bits per heavy atom. The van der Waals surface area contributed by atoms with Crippen LogP contribution in [-0.2, 0) is 0 Å². The maximum absolute atomic E-state index is 10.7. The summed E-state index contributed by atoms with van der Waals surface area (Å²) in [4.78, 5) is 9.51. The molecule has 0 spiro atoms. The fourth-order valence-electron chi connectivity index (χ4n) is 4.36. The molecule has 1 aromatic heterocycles. The van der Waals surface area contributed by atoms with Crippen molar-refractivity contribution in [2.45, 2.75) is 12.5 Å². The van der Waals surface area contributed by atoms with Gasteiger partial charge in [-0.2, -0.15) is 0 Å². The molecule has 7 nitrogen and oxygen atoms in total. The largest absolute Gasteiger partial charge is 0.507 e. The predicted octanol–water partition coefficient (Wildman–Crippen LogP) is 4.00. The number of aromatic nitrogens is 1. The number of phenolic OH excluding ortho intramolecular Hbond substituents is 1. The molecule has 1 fully saturated rings. The van der Waals surface area contributed by atoms with E-state index in [-0.39, 0.29) is 12.5 Å². The van der Waals surface area contributed by atoms with Gasteiger partial charge in [0.25, 0.3) is 0 Å². The molecule has 1 N–H and O–H groups in total. The molecule has 0 aliphatic carbocycles. The molecule has 0 radical (unpaired) electrons. The second-order valence-electron chi connectivity index (χ2n) is 8.37. The molecule has 0 amide bonds. The lowest BCUT2D eigenvalue weighted by molar-refractivity contribution is 0.174. The Morgan fingerprint density at radius 1 is 1.09 bits per heavy atom. The summed E-state index contributed by atoms with van der Waals surface area (Å²) in [6, 6.07) is 15.7. The number of ether oxygens (including phenoxy) is 3. The van der Waals surface area contributed by atoms with E-state index in [2.05, 4.69) is 30.0 Å². The molecule has 2 aromatic carbocycles. The second kappa shape index (κ2) is 8.24. The summed E-state index contributed by atoms with van der Waals surface area (Å²) < 4.78 is 16.6. The minimum atomic E-state index is 0.130. The fraction of sp³-hybridized carbons (Fsp3) is 0.320. The van der Waals surface area contributed by atoms with E-state index in [1.807, 2.05) is 36.4 Å². The van der Waals surface area contributed by atoms with Crippen LogP contribution in [-0.4, -0.2) is 62.1 Å². The van der Waals surface area contributed by atoms with Gasteiger partial charge in [-0.1, -0.05) is 12.1 Å². The Hall–Kier alpha value is -3.45. The van der Waals surface area contributed by atoms with Gasteiger partial charge in [0.2, 0.25) is 6.79 Å². The number of likely N-dealkylation sites (N-methyl/N-ethyl adjacent to an activating group) is 1. The standard InChI is InChI=1S/C25H27N3O4/c1-27(2)17-9-10-28(14-17)24-12-16(19-5-4-6-23-25(19)32-15-31-23)11-21(26-24)20-8-7-18(30-3)13-22(20)29/h4-8,11-13,17,29H,9-10,14-15H2,1-3H3. The summed E-state index contributed by atoms with van der Waals surface area (Å²) in [6.45, 7) is 2.05. The third-order valence-electron chi connectivity index (χ3n) is 6.22. The summed E-state index contributed by atoms with van der Waals surface area (Å²) in [5.41, 5.74) is 3.27. The van der Waals surface area contributed by atoms with Gasteiger partial charge in [-0.05, 0) is 56.4 Å². The topological polar surface area (TPSA) is 67.3 Å². The molecule has 2 aliphatic rings. The van der Waals surface area contributed by atoms with E-state index in [1.165, 1.54) is 0 Å². The van der Waals surface area contributed by atoms with Crippen molar-refractivity contribution in [3.63, 3.8) is 0 Å². The first-order valence-corrected chi connectivity index (χ1v) is 10.7. The summed E-state index contributed by atoms with van der Waals surface area (Å²) in [5, 5.41) is 10.7. The van der Waals surface area contributed by atoms with Crippen LogP contribution in [0, 0.1) is 0 Å². The molecule has 3 aromatic rings. The minimum absolute atomic E-state index is 0.130. The quantitative estimate of drug-likeness (QED) is 0.652. The number of pyridine rings is 1. The van der Waals surface area contributed by atoms with Crippen LogP contribution < -0.4 is 19.1 Å². The lowest BCUT2D eigenvalue weighted by atomic mass is 10.0. The van der Waals surface area contributed by atoms with Crippen molar-refractivity contribution in [1.82, 2.24) is 9.88 Å². The number of anilines is 1. The fourth-order valence-corrected chi connectivity index (χ4v) is 4.36. The van der Waals surface area contributed by atoms with Crippen LogP contribution in [0.25, 0.3) is 22.4 Å². The first-order valence-electron chi connectivity index (χ1n) is 10.7. The highest BCUT2D eigenvalue weighted by atomic mass is 16.7. The molecular weight excluding hydrogens is 406 g/mol. The first kappa shape index (κ1) is 20.5. The van der Waals surface area contributed by atoms with Crippen LogP contribution in [0.1, 0.15) is 6.42 Å². The number of benzene rings is 2. The zero-order chi connectivity index (χ0) is 22.2. The third-order valence-corrected chi connectivity index (χ3v) is 6.22. The lowest BCUT2D eigenvalue weighted by Crippen LogP contribution is -2.31. The number of aromatic hydroxyl groups is 1. The van der Waals surface area contributed by atoms with Gasteiger partial charge in [-0.3, -0.25) is 0 Å². The van der Waals surface area contributed by atoms with E-state index in [9.17, 15) is 5.11 Å². The van der Waals surface area contributed by atoms with E-state index < -0.39 is 0 Å². The summed E-state index contributed by atoms with van der Waals surface area (Å²) in [6.07, 6.45) is 1.08. The molecular formula is C25H27N3O4. The first-order chi connectivity index (χ1) is 15.5. The zero-order valence-corrected chi connectivity index (χ0v) is 18.5. The maximum atomic E-state index is 10.7. The van der Waals surface area contributed by atoms with Crippen molar-refractivity contribution in [1.29, 1.82) is 0 Å². The van der Waals surface area contributed by atoms with Crippen molar-refractivity contribution in [2.75, 3.05) is 46.0 Å². The lowest BCUT2D eigenvalue weighted by Gasteiger charge is -2.22. The molecule has 1 saturated heterocycles. The summed E-state index contributed by atoms with van der Waals surface area (Å²) >= 11 is 0. The van der Waals surface area contributed by atoms with E-state index in [4.69, 9.17) is 19.2 Å². The Labute approximate surface area is 187 Å². The molecule has 0 bridgehead atoms. The van der Waals surface area contributed by atoms with Crippen molar-refractivity contribution >= 4 is 5.82 Å². The molecule has 1 atom stereocenters. The molecule has 0 saturated carbocycles. The highest BCUT2D eigenvalue weighted by molar-refractivity contribution is 5.81. The van der Waals surface area contributed by atoms with Crippen molar-refractivity contribution in [3.05, 3.63) is 48.5 Å². The van der Waals surface area contributed by atoms with Crippen LogP contribution in [0.15, 0.2) is 48.5 Å². The molecule has 3 heterocycles. The van der Waals surface area contributed by atoms with Gasteiger partial charge in [0.15, 0.2) is 11.5 Å². The number of fused-ring (bicyclic) bond motifs is 1. The number of nitrogens with zero attached hydrogens (tertiary/aromatic N) is 3. The SMILES string of the molecule is COc1ccc(-c2cc(-c3cccc4c3OCO4)cc(N3CCC(N(C)C)C3)n2)c(O)c1. The van der Waals surface area contributed by atoms with Gasteiger partial charge in [0, 0.05) is 36.3 Å². The number of rotatable bonds is 5. The highest BCUT2D eigenvalue weighted by Crippen LogP contribution is 2.43. The third kappa shape index (κ3) is 3.69. The summed E-state index contributed by atoms with van der Waals surface area (Å²) in [7, 11) is 5.81. The maximum Gasteiger partial charge on any atom is 0.231 e. The molecule has 32 heavy (non-hydrogen) atoms. The Bertz CT molecular complexity index is 1150. The van der Waals surface area contributed by atoms with E-state index in [0.29, 0.717) is 23.0 Å². The zero-order valence-electron chi connectivity index (χ0n) is 18.5. The number of phenols is 1. The van der Waals surface area contributed by atoms with E-state index in [1.54, 1.807) is 13.2 Å². The minimum Gasteiger partial charge on any atom is -0.507 e. The van der Waals surface area contributed by atoms with Crippen molar-refractivity contribution in [2.24, 2.45) is 0 Å². The smallest absolute Gasteiger partial charge is 0.231 e. The number of hydrogen-bond donors (Lipinski definition) is 1. The number of hydrogen-bond acceptors (Lipinski definition) is 7. The Morgan fingerprint density at radius 2 is 1.97 bits per heavy atom. The molecule has 5 rings (SSSR count). The van der Waals surface area contributed by atoms with Gasteiger partial charge in [0.1, 0.15) is 17.3 Å². The van der Waals surface area contributed by atoms with Crippen LogP contribution in [0.5, 0.6) is 23.0 Å². The summed E-state index contributed by atoms with van der Waals surface area (Å²) in [5.74, 6) is 3.09. The van der Waals surface area contributed by atoms with Gasteiger partial charge in [-0.25, -0.2) is 4.98 Å². The van der Waals surface area contributed by atoms with Gasteiger partial charge in [-0.15, -0.1) is 0 Å². The molecule has 1 unspecified atom stereocenters. The molecule has 7 heteroatoms.